The molecule has 0 saturated carbocycles. The summed E-state index contributed by atoms with van der Waals surface area (Å²) < 4.78 is 42.6. The van der Waals surface area contributed by atoms with Crippen LogP contribution in [-0.2, 0) is 11.2 Å². The van der Waals surface area contributed by atoms with Crippen molar-refractivity contribution in [3.8, 4) is 0 Å². The number of hydrogen-bond donors (Lipinski definition) is 2. The Morgan fingerprint density at radius 2 is 1.86 bits per heavy atom. The summed E-state index contributed by atoms with van der Waals surface area (Å²) in [6.07, 6.45) is -5.63. The lowest BCUT2D eigenvalue weighted by molar-refractivity contribution is -0.147. The maximum absolute atomic E-state index is 12.5. The van der Waals surface area contributed by atoms with Gasteiger partial charge in [-0.2, -0.15) is 13.2 Å². The van der Waals surface area contributed by atoms with Crippen LogP contribution < -0.4 is 11.1 Å². The molecule has 4 nitrogen and oxygen atoms in total. The van der Waals surface area contributed by atoms with E-state index in [4.69, 9.17) is 10.5 Å². The smallest absolute Gasteiger partial charge is 0.412 e. The highest BCUT2D eigenvalue weighted by Crippen LogP contribution is 2.25. The molecule has 0 heterocycles. The highest BCUT2D eigenvalue weighted by atomic mass is 19.4. The topological polar surface area (TPSA) is 64.3 Å². The maximum Gasteiger partial charge on any atom is 0.412 e. The Kier molecular flexibility index (Phi) is 5.22. The molecule has 118 valence electrons. The van der Waals surface area contributed by atoms with E-state index in [0.717, 1.165) is 0 Å². The van der Waals surface area contributed by atoms with E-state index in [1.165, 1.54) is 12.1 Å². The first-order chi connectivity index (χ1) is 9.49. The summed E-state index contributed by atoms with van der Waals surface area (Å²) in [5, 5.41) is 2.44. The number of nitrogens with one attached hydrogen (secondary N) is 1. The third-order valence-corrected chi connectivity index (χ3v) is 2.51. The summed E-state index contributed by atoms with van der Waals surface area (Å²) in [7, 11) is 0. The summed E-state index contributed by atoms with van der Waals surface area (Å²) in [5.41, 5.74) is 4.98. The molecule has 0 aromatic heterocycles. The van der Waals surface area contributed by atoms with Crippen molar-refractivity contribution in [2.75, 3.05) is 5.32 Å². The number of anilines is 1. The molecule has 0 aliphatic rings. The fraction of sp³-hybridized carbons (Fsp3) is 0.500. The summed E-state index contributed by atoms with van der Waals surface area (Å²) in [5.74, 6) is 0. The van der Waals surface area contributed by atoms with Crippen molar-refractivity contribution in [2.24, 2.45) is 5.73 Å². The number of alkyl halides is 3. The molecular formula is C14H19F3N2O2. The second-order valence-corrected chi connectivity index (χ2v) is 5.64. The van der Waals surface area contributed by atoms with Gasteiger partial charge in [-0.1, -0.05) is 18.2 Å². The number of benzene rings is 1. The standard InChI is InChI=1S/C14H19F3N2O2/c1-13(2,3)21-12(20)19-10-7-5-4-6-9(10)8-11(18)14(15,16)17/h4-7,11H,8,18H2,1-3H3,(H,19,20). The fourth-order valence-electron chi connectivity index (χ4n) is 1.59. The monoisotopic (exact) mass is 304 g/mol. The molecule has 7 heteroatoms. The van der Waals surface area contributed by atoms with Crippen molar-refractivity contribution >= 4 is 11.8 Å². The van der Waals surface area contributed by atoms with Crippen molar-refractivity contribution in [1.82, 2.24) is 0 Å². The number of hydrogen-bond acceptors (Lipinski definition) is 3. The van der Waals surface area contributed by atoms with Crippen molar-refractivity contribution in [3.05, 3.63) is 29.8 Å². The second kappa shape index (κ2) is 6.34. The molecule has 1 rings (SSSR count). The molecule has 0 aliphatic carbocycles. The van der Waals surface area contributed by atoms with Gasteiger partial charge in [-0.25, -0.2) is 4.79 Å². The molecule has 1 aromatic rings. The minimum Gasteiger partial charge on any atom is -0.444 e. The lowest BCUT2D eigenvalue weighted by Gasteiger charge is -2.21. The van der Waals surface area contributed by atoms with Gasteiger partial charge in [0.05, 0.1) is 0 Å². The van der Waals surface area contributed by atoms with Crippen LogP contribution in [0, 0.1) is 0 Å². The van der Waals surface area contributed by atoms with Crippen molar-refractivity contribution in [1.29, 1.82) is 0 Å². The molecule has 0 fully saturated rings. The number of halogens is 3. The lowest BCUT2D eigenvalue weighted by atomic mass is 10.0. The lowest BCUT2D eigenvalue weighted by Crippen LogP contribution is -2.39. The van der Waals surface area contributed by atoms with Crippen LogP contribution in [0.3, 0.4) is 0 Å². The Bertz CT molecular complexity index is 496. The zero-order valence-corrected chi connectivity index (χ0v) is 12.1. The average molecular weight is 304 g/mol. The van der Waals surface area contributed by atoms with E-state index in [0.29, 0.717) is 5.56 Å². The van der Waals surface area contributed by atoms with Gasteiger partial charge in [-0.05, 0) is 38.8 Å². The quantitative estimate of drug-likeness (QED) is 0.898. The van der Waals surface area contributed by atoms with Gasteiger partial charge in [0, 0.05) is 5.69 Å². The first-order valence-electron chi connectivity index (χ1n) is 6.39. The van der Waals surface area contributed by atoms with E-state index in [1.807, 2.05) is 0 Å². The van der Waals surface area contributed by atoms with Crippen LogP contribution in [0.4, 0.5) is 23.7 Å². The number of carbonyl (C=O) groups is 1. The third kappa shape index (κ3) is 6.03. The van der Waals surface area contributed by atoms with Gasteiger partial charge in [0.1, 0.15) is 11.6 Å². The van der Waals surface area contributed by atoms with Gasteiger partial charge < -0.3 is 10.5 Å². The minimum atomic E-state index is -4.49. The van der Waals surface area contributed by atoms with Gasteiger partial charge in [0.2, 0.25) is 0 Å². The predicted octanol–water partition coefficient (Wildman–Crippen LogP) is 3.47. The van der Waals surface area contributed by atoms with Crippen molar-refractivity contribution < 1.29 is 22.7 Å². The number of para-hydroxylation sites is 1. The molecule has 0 spiro atoms. The van der Waals surface area contributed by atoms with Gasteiger partial charge in [0.25, 0.3) is 0 Å². The summed E-state index contributed by atoms with van der Waals surface area (Å²) >= 11 is 0. The largest absolute Gasteiger partial charge is 0.444 e. The van der Waals surface area contributed by atoms with Crippen LogP contribution >= 0.6 is 0 Å². The molecule has 21 heavy (non-hydrogen) atoms. The summed E-state index contributed by atoms with van der Waals surface area (Å²) in [4.78, 5) is 11.7. The van der Waals surface area contributed by atoms with E-state index in [1.54, 1.807) is 32.9 Å². The summed E-state index contributed by atoms with van der Waals surface area (Å²) in [6.45, 7) is 5.08. The minimum absolute atomic E-state index is 0.256. The van der Waals surface area contributed by atoms with E-state index in [9.17, 15) is 18.0 Å². The van der Waals surface area contributed by atoms with Gasteiger partial charge in [-0.15, -0.1) is 0 Å². The van der Waals surface area contributed by atoms with Crippen LogP contribution in [0.5, 0.6) is 0 Å². The van der Waals surface area contributed by atoms with Gasteiger partial charge >= 0.3 is 12.3 Å². The third-order valence-electron chi connectivity index (χ3n) is 2.51. The fourth-order valence-corrected chi connectivity index (χ4v) is 1.59. The van der Waals surface area contributed by atoms with Gasteiger partial charge in [0.15, 0.2) is 0 Å². The molecule has 1 aromatic carbocycles. The van der Waals surface area contributed by atoms with E-state index < -0.39 is 30.3 Å². The van der Waals surface area contributed by atoms with Crippen molar-refractivity contribution in [2.45, 2.75) is 45.0 Å². The molecule has 0 saturated heterocycles. The molecule has 0 aliphatic heterocycles. The number of carbonyl (C=O) groups excluding carboxylic acids is 1. The molecule has 1 atom stereocenters. The normalized spacial score (nSPS) is 13.7. The van der Waals surface area contributed by atoms with E-state index >= 15 is 0 Å². The number of ether oxygens (including phenoxy) is 1. The van der Waals surface area contributed by atoms with Crippen LogP contribution in [0.15, 0.2) is 24.3 Å². The molecule has 1 amide bonds. The van der Waals surface area contributed by atoms with E-state index in [-0.39, 0.29) is 5.69 Å². The molecule has 3 N–H and O–H groups in total. The first-order valence-corrected chi connectivity index (χ1v) is 6.39. The Morgan fingerprint density at radius 3 is 2.38 bits per heavy atom. The Hall–Kier alpha value is -1.76. The highest BCUT2D eigenvalue weighted by Gasteiger charge is 2.36. The van der Waals surface area contributed by atoms with Crippen LogP contribution in [0.2, 0.25) is 0 Å². The Labute approximate surface area is 121 Å². The Balaban J connectivity index is 2.83. The zero-order chi connectivity index (χ0) is 16.3. The van der Waals surface area contributed by atoms with E-state index in [2.05, 4.69) is 5.32 Å². The van der Waals surface area contributed by atoms with Crippen LogP contribution in [0.1, 0.15) is 26.3 Å². The number of nitrogens with two attached hydrogens (primary N) is 1. The molecule has 0 bridgehead atoms. The number of rotatable bonds is 3. The molecular weight excluding hydrogens is 285 g/mol. The van der Waals surface area contributed by atoms with Crippen LogP contribution in [-0.4, -0.2) is 23.9 Å². The van der Waals surface area contributed by atoms with Crippen LogP contribution in [0.25, 0.3) is 0 Å². The highest BCUT2D eigenvalue weighted by molar-refractivity contribution is 5.85. The molecule has 0 radical (unpaired) electrons. The second-order valence-electron chi connectivity index (χ2n) is 5.64. The maximum atomic E-state index is 12.5. The zero-order valence-electron chi connectivity index (χ0n) is 12.1. The van der Waals surface area contributed by atoms with Crippen molar-refractivity contribution in [3.63, 3.8) is 0 Å². The number of amides is 1. The average Bonchev–Trinajstić information content (AvgIpc) is 2.27. The molecule has 1 unspecified atom stereocenters. The predicted molar refractivity (Wildman–Crippen MR) is 74.0 cm³/mol. The first kappa shape index (κ1) is 17.3. The SMILES string of the molecule is CC(C)(C)OC(=O)Nc1ccccc1CC(N)C(F)(F)F. The Morgan fingerprint density at radius 1 is 1.29 bits per heavy atom. The summed E-state index contributed by atoms with van der Waals surface area (Å²) in [6, 6.07) is 4.19. The van der Waals surface area contributed by atoms with Gasteiger partial charge in [-0.3, -0.25) is 5.32 Å².